The molecule has 0 N–H and O–H groups in total. The summed E-state index contributed by atoms with van der Waals surface area (Å²) in [6.07, 6.45) is -0.126. The van der Waals surface area contributed by atoms with Crippen LogP contribution in [0.4, 0.5) is 8.78 Å². The van der Waals surface area contributed by atoms with Gasteiger partial charge in [-0.05, 0) is 31.7 Å². The number of benzene rings is 1. The number of hydrogen-bond donors (Lipinski definition) is 0. The first-order valence-electron chi connectivity index (χ1n) is 8.35. The largest absolute Gasteiger partial charge is 0.377 e. The van der Waals surface area contributed by atoms with Gasteiger partial charge in [0.25, 0.3) is 0 Å². The summed E-state index contributed by atoms with van der Waals surface area (Å²) in [5, 5.41) is 0. The lowest BCUT2D eigenvalue weighted by Gasteiger charge is -2.38. The van der Waals surface area contributed by atoms with Gasteiger partial charge < -0.3 is 4.74 Å². The van der Waals surface area contributed by atoms with E-state index in [1.54, 1.807) is 0 Å². The molecule has 3 nitrogen and oxygen atoms in total. The van der Waals surface area contributed by atoms with Crippen LogP contribution in [-0.4, -0.2) is 24.1 Å². The first-order chi connectivity index (χ1) is 11.3. The molecule has 1 fully saturated rings. The van der Waals surface area contributed by atoms with Gasteiger partial charge >= 0.3 is 0 Å². The molecule has 0 unspecified atom stereocenters. The van der Waals surface area contributed by atoms with Crippen molar-refractivity contribution < 1.29 is 23.1 Å². The van der Waals surface area contributed by atoms with E-state index in [1.807, 2.05) is 30.3 Å². The maximum Gasteiger partial charge on any atom is 0.248 e. The van der Waals surface area contributed by atoms with E-state index >= 15 is 0 Å². The molecule has 132 valence electrons. The first-order valence-corrected chi connectivity index (χ1v) is 8.35. The highest BCUT2D eigenvalue weighted by atomic mass is 19.3. The summed E-state index contributed by atoms with van der Waals surface area (Å²) < 4.78 is 32.6. The van der Waals surface area contributed by atoms with E-state index in [4.69, 9.17) is 4.74 Å². The van der Waals surface area contributed by atoms with Crippen LogP contribution in [0, 0.1) is 5.41 Å². The highest BCUT2D eigenvalue weighted by molar-refractivity contribution is 6.00. The molecule has 2 rings (SSSR count). The molecule has 0 aromatic heterocycles. The molecule has 0 radical (unpaired) electrons. The number of halogens is 2. The molecule has 1 aliphatic carbocycles. The van der Waals surface area contributed by atoms with E-state index in [9.17, 15) is 18.4 Å². The summed E-state index contributed by atoms with van der Waals surface area (Å²) in [6, 6.07) is 9.64. The second-order valence-corrected chi connectivity index (χ2v) is 6.73. The lowest BCUT2D eigenvalue weighted by molar-refractivity contribution is -0.141. The Balaban J connectivity index is 1.93. The van der Waals surface area contributed by atoms with Gasteiger partial charge in [0.05, 0.1) is 13.0 Å². The molecule has 0 bridgehead atoms. The standard InChI is InChI=1S/C19H24F2O3/c1-15(22)13-17(23)18(7-9-19(20,21)10-8-18)11-12-24-14-16-5-3-2-4-6-16/h2-6H,7-14H2,1H3. The van der Waals surface area contributed by atoms with E-state index in [0.717, 1.165) is 5.56 Å². The van der Waals surface area contributed by atoms with E-state index in [2.05, 4.69) is 0 Å². The van der Waals surface area contributed by atoms with Gasteiger partial charge in [-0.3, -0.25) is 9.59 Å². The minimum Gasteiger partial charge on any atom is -0.377 e. The number of carbonyl (C=O) groups excluding carboxylic acids is 2. The fourth-order valence-corrected chi connectivity index (χ4v) is 3.21. The molecular formula is C19H24F2O3. The van der Waals surface area contributed by atoms with Crippen LogP contribution >= 0.6 is 0 Å². The lowest BCUT2D eigenvalue weighted by atomic mass is 9.67. The van der Waals surface area contributed by atoms with Gasteiger partial charge in [-0.25, -0.2) is 8.78 Å². The Morgan fingerprint density at radius 1 is 1.08 bits per heavy atom. The quantitative estimate of drug-likeness (QED) is 0.523. The van der Waals surface area contributed by atoms with Gasteiger partial charge in [0.2, 0.25) is 5.92 Å². The average Bonchev–Trinajstić information content (AvgIpc) is 2.53. The van der Waals surface area contributed by atoms with E-state index in [-0.39, 0.29) is 43.7 Å². The SMILES string of the molecule is CC(=O)CC(=O)C1(CCOCc2ccccc2)CCC(F)(F)CC1. The van der Waals surface area contributed by atoms with Crippen molar-refractivity contribution in [3.05, 3.63) is 35.9 Å². The number of ketones is 2. The highest BCUT2D eigenvalue weighted by Gasteiger charge is 2.47. The molecule has 0 saturated heterocycles. The number of rotatable bonds is 8. The Labute approximate surface area is 141 Å². The average molecular weight is 338 g/mol. The molecular weight excluding hydrogens is 314 g/mol. The van der Waals surface area contributed by atoms with Gasteiger partial charge in [0.1, 0.15) is 11.6 Å². The Morgan fingerprint density at radius 3 is 2.29 bits per heavy atom. The molecule has 1 saturated carbocycles. The molecule has 0 aliphatic heterocycles. The zero-order valence-corrected chi connectivity index (χ0v) is 14.0. The van der Waals surface area contributed by atoms with Crippen LogP contribution < -0.4 is 0 Å². The minimum atomic E-state index is -2.70. The number of alkyl halides is 2. The number of Topliss-reactive ketones (excluding diaryl/α,β-unsaturated/α-hetero) is 2. The summed E-state index contributed by atoms with van der Waals surface area (Å²) >= 11 is 0. The van der Waals surface area contributed by atoms with Gasteiger partial charge in [0.15, 0.2) is 0 Å². The Morgan fingerprint density at radius 2 is 1.71 bits per heavy atom. The maximum absolute atomic E-state index is 13.5. The van der Waals surface area contributed by atoms with Crippen molar-refractivity contribution in [3.8, 4) is 0 Å². The second-order valence-electron chi connectivity index (χ2n) is 6.73. The molecule has 0 amide bonds. The van der Waals surface area contributed by atoms with Crippen LogP contribution in [0.25, 0.3) is 0 Å². The fraction of sp³-hybridized carbons (Fsp3) is 0.579. The molecule has 0 spiro atoms. The maximum atomic E-state index is 13.5. The van der Waals surface area contributed by atoms with Crippen molar-refractivity contribution in [1.82, 2.24) is 0 Å². The van der Waals surface area contributed by atoms with Crippen molar-refractivity contribution in [2.75, 3.05) is 6.61 Å². The monoisotopic (exact) mass is 338 g/mol. The Hall–Kier alpha value is -1.62. The lowest BCUT2D eigenvalue weighted by Crippen LogP contribution is -2.40. The normalized spacial score (nSPS) is 19.0. The zero-order valence-electron chi connectivity index (χ0n) is 14.0. The highest BCUT2D eigenvalue weighted by Crippen LogP contribution is 2.46. The topological polar surface area (TPSA) is 43.4 Å². The predicted octanol–water partition coefficient (Wildman–Crippen LogP) is 4.34. The van der Waals surface area contributed by atoms with Crippen LogP contribution in [0.3, 0.4) is 0 Å². The van der Waals surface area contributed by atoms with Gasteiger partial charge in [-0.2, -0.15) is 0 Å². The molecule has 0 atom stereocenters. The van der Waals surface area contributed by atoms with Crippen LogP contribution in [-0.2, 0) is 20.9 Å². The summed E-state index contributed by atoms with van der Waals surface area (Å²) in [4.78, 5) is 23.8. The van der Waals surface area contributed by atoms with Crippen molar-refractivity contribution in [2.45, 2.75) is 58.0 Å². The third-order valence-corrected chi connectivity index (χ3v) is 4.78. The summed E-state index contributed by atoms with van der Waals surface area (Å²) in [7, 11) is 0. The van der Waals surface area contributed by atoms with Crippen molar-refractivity contribution in [3.63, 3.8) is 0 Å². The summed E-state index contributed by atoms with van der Waals surface area (Å²) in [5.74, 6) is -3.14. The predicted molar refractivity (Wildman–Crippen MR) is 86.9 cm³/mol. The van der Waals surface area contributed by atoms with Crippen molar-refractivity contribution in [2.24, 2.45) is 5.41 Å². The zero-order chi connectivity index (χ0) is 17.6. The fourth-order valence-electron chi connectivity index (χ4n) is 3.21. The van der Waals surface area contributed by atoms with E-state index in [0.29, 0.717) is 19.6 Å². The van der Waals surface area contributed by atoms with Crippen LogP contribution in [0.5, 0.6) is 0 Å². The molecule has 0 heterocycles. The van der Waals surface area contributed by atoms with E-state index < -0.39 is 11.3 Å². The second kappa shape index (κ2) is 7.97. The number of hydrogen-bond acceptors (Lipinski definition) is 3. The number of carbonyl (C=O) groups is 2. The van der Waals surface area contributed by atoms with Gasteiger partial charge in [-0.1, -0.05) is 30.3 Å². The molecule has 1 aromatic carbocycles. The van der Waals surface area contributed by atoms with Crippen LogP contribution in [0.1, 0.15) is 51.0 Å². The third-order valence-electron chi connectivity index (χ3n) is 4.78. The Kier molecular flexibility index (Phi) is 6.21. The van der Waals surface area contributed by atoms with Gasteiger partial charge in [-0.15, -0.1) is 0 Å². The third kappa shape index (κ3) is 5.20. The Bertz CT molecular complexity index is 559. The van der Waals surface area contributed by atoms with Crippen molar-refractivity contribution in [1.29, 1.82) is 0 Å². The molecule has 1 aliphatic rings. The summed E-state index contributed by atoms with van der Waals surface area (Å²) in [5.41, 5.74) is 0.182. The van der Waals surface area contributed by atoms with Crippen molar-refractivity contribution >= 4 is 11.6 Å². The van der Waals surface area contributed by atoms with Gasteiger partial charge in [0, 0.05) is 24.9 Å². The molecule has 5 heteroatoms. The minimum absolute atomic E-state index is 0.126. The molecule has 1 aromatic rings. The smallest absolute Gasteiger partial charge is 0.248 e. The van der Waals surface area contributed by atoms with E-state index in [1.165, 1.54) is 6.92 Å². The summed E-state index contributed by atoms with van der Waals surface area (Å²) in [6.45, 7) is 2.10. The number of ether oxygens (including phenoxy) is 1. The van der Waals surface area contributed by atoms with Crippen LogP contribution in [0.2, 0.25) is 0 Å². The molecule has 24 heavy (non-hydrogen) atoms. The van der Waals surface area contributed by atoms with Crippen LogP contribution in [0.15, 0.2) is 30.3 Å². The first kappa shape index (κ1) is 18.7.